The first-order chi connectivity index (χ1) is 15.1. The molecule has 1 atom stereocenters. The first kappa shape index (κ1) is 23.7. The quantitative estimate of drug-likeness (QED) is 0.719. The number of hydrogen-bond acceptors (Lipinski definition) is 4. The largest absolute Gasteiger partial charge is 0.496 e. The number of likely N-dealkylation sites (tertiary alicyclic amines) is 1. The number of hydrogen-bond donors (Lipinski definition) is 1. The molecule has 32 heavy (non-hydrogen) atoms. The molecule has 1 saturated heterocycles. The molecule has 2 heterocycles. The lowest BCUT2D eigenvalue weighted by molar-refractivity contribution is 0.0187. The number of amides is 2. The van der Waals surface area contributed by atoms with E-state index in [9.17, 15) is 9.59 Å². The highest BCUT2D eigenvalue weighted by atomic mass is 16.6. The Balaban J connectivity index is 1.65. The summed E-state index contributed by atoms with van der Waals surface area (Å²) in [5.74, 6) is 0.633. The van der Waals surface area contributed by atoms with Crippen LogP contribution >= 0.6 is 0 Å². The standard InChI is InChI=1S/C25H35N3O4/c1-17-9-10-22(31-6)20(16-17)18(2)26-23(29)21-8-7-13-28(21)19-11-14-27(15-12-19)24(30)32-25(3,4)5/h7-10,13,16,18-19H,11-12,14-15H2,1-6H3,(H,26,29). The van der Waals surface area contributed by atoms with Gasteiger partial charge in [0.15, 0.2) is 0 Å². The molecule has 174 valence electrons. The van der Waals surface area contributed by atoms with E-state index >= 15 is 0 Å². The number of piperidine rings is 1. The van der Waals surface area contributed by atoms with Crippen molar-refractivity contribution in [1.29, 1.82) is 0 Å². The summed E-state index contributed by atoms with van der Waals surface area (Å²) in [6.07, 6.45) is 3.22. The van der Waals surface area contributed by atoms with E-state index in [0.29, 0.717) is 18.8 Å². The van der Waals surface area contributed by atoms with Crippen molar-refractivity contribution in [2.45, 2.75) is 65.1 Å². The van der Waals surface area contributed by atoms with Gasteiger partial charge in [-0.1, -0.05) is 17.7 Å². The van der Waals surface area contributed by atoms with E-state index in [0.717, 1.165) is 29.7 Å². The summed E-state index contributed by atoms with van der Waals surface area (Å²) in [7, 11) is 1.64. The number of benzene rings is 1. The second-order valence-electron chi connectivity index (χ2n) is 9.44. The van der Waals surface area contributed by atoms with Crippen molar-refractivity contribution in [3.8, 4) is 5.75 Å². The summed E-state index contributed by atoms with van der Waals surface area (Å²) in [5.41, 5.74) is 2.18. The monoisotopic (exact) mass is 441 g/mol. The molecule has 1 unspecified atom stereocenters. The molecule has 1 N–H and O–H groups in total. The maximum Gasteiger partial charge on any atom is 0.410 e. The molecule has 2 amide bonds. The van der Waals surface area contributed by atoms with Gasteiger partial charge in [0.2, 0.25) is 0 Å². The first-order valence-electron chi connectivity index (χ1n) is 11.2. The summed E-state index contributed by atoms with van der Waals surface area (Å²) in [4.78, 5) is 27.2. The Morgan fingerprint density at radius 3 is 2.47 bits per heavy atom. The van der Waals surface area contributed by atoms with Crippen molar-refractivity contribution in [3.63, 3.8) is 0 Å². The van der Waals surface area contributed by atoms with E-state index in [1.807, 2.05) is 75.7 Å². The van der Waals surface area contributed by atoms with Gasteiger partial charge in [-0.15, -0.1) is 0 Å². The van der Waals surface area contributed by atoms with Gasteiger partial charge >= 0.3 is 6.09 Å². The predicted octanol–water partition coefficient (Wildman–Crippen LogP) is 4.87. The zero-order valence-electron chi connectivity index (χ0n) is 20.0. The second kappa shape index (κ2) is 9.67. The smallest absolute Gasteiger partial charge is 0.410 e. The molecular weight excluding hydrogens is 406 g/mol. The third kappa shape index (κ3) is 5.64. The van der Waals surface area contributed by atoms with E-state index in [1.54, 1.807) is 12.0 Å². The maximum atomic E-state index is 13.1. The number of ether oxygens (including phenoxy) is 2. The van der Waals surface area contributed by atoms with Gasteiger partial charge in [-0.25, -0.2) is 4.79 Å². The van der Waals surface area contributed by atoms with Crippen LogP contribution in [0.2, 0.25) is 0 Å². The van der Waals surface area contributed by atoms with Crippen molar-refractivity contribution in [1.82, 2.24) is 14.8 Å². The van der Waals surface area contributed by atoms with Gasteiger partial charge in [-0.2, -0.15) is 0 Å². The molecule has 1 aromatic heterocycles. The normalized spacial score (nSPS) is 15.9. The highest BCUT2D eigenvalue weighted by Crippen LogP contribution is 2.28. The molecule has 0 bridgehead atoms. The minimum atomic E-state index is -0.504. The summed E-state index contributed by atoms with van der Waals surface area (Å²) in [6, 6.07) is 9.65. The average Bonchev–Trinajstić information content (AvgIpc) is 3.22. The highest BCUT2D eigenvalue weighted by molar-refractivity contribution is 5.93. The van der Waals surface area contributed by atoms with Crippen LogP contribution in [0.15, 0.2) is 36.5 Å². The average molecular weight is 442 g/mol. The lowest BCUT2D eigenvalue weighted by Gasteiger charge is -2.34. The first-order valence-corrected chi connectivity index (χ1v) is 11.2. The van der Waals surface area contributed by atoms with Crippen molar-refractivity contribution >= 4 is 12.0 Å². The zero-order valence-corrected chi connectivity index (χ0v) is 20.0. The minimum absolute atomic E-state index is 0.124. The lowest BCUT2D eigenvalue weighted by atomic mass is 10.0. The molecule has 7 nitrogen and oxygen atoms in total. The number of carbonyl (C=O) groups excluding carboxylic acids is 2. The van der Waals surface area contributed by atoms with Crippen LogP contribution in [-0.4, -0.2) is 47.3 Å². The fraction of sp³-hybridized carbons (Fsp3) is 0.520. The molecule has 0 aliphatic carbocycles. The molecule has 0 radical (unpaired) electrons. The Labute approximate surface area is 190 Å². The van der Waals surface area contributed by atoms with Gasteiger partial charge in [-0.05, 0) is 65.7 Å². The van der Waals surface area contributed by atoms with Crippen molar-refractivity contribution in [2.75, 3.05) is 20.2 Å². The van der Waals surface area contributed by atoms with Gasteiger partial charge < -0.3 is 24.3 Å². The van der Waals surface area contributed by atoms with Crippen LogP contribution in [0, 0.1) is 6.92 Å². The molecular formula is C25H35N3O4. The van der Waals surface area contributed by atoms with Gasteiger partial charge in [0, 0.05) is 30.9 Å². The molecule has 1 aliphatic rings. The van der Waals surface area contributed by atoms with Crippen molar-refractivity contribution in [3.05, 3.63) is 53.3 Å². The molecule has 1 fully saturated rings. The topological polar surface area (TPSA) is 72.8 Å². The predicted molar refractivity (Wildman–Crippen MR) is 124 cm³/mol. The molecule has 2 aromatic rings. The van der Waals surface area contributed by atoms with Gasteiger partial charge in [-0.3, -0.25) is 4.79 Å². The van der Waals surface area contributed by atoms with Crippen molar-refractivity contribution in [2.24, 2.45) is 0 Å². The summed E-state index contributed by atoms with van der Waals surface area (Å²) in [6.45, 7) is 10.8. The Bertz CT molecular complexity index is 952. The number of nitrogens with one attached hydrogen (secondary N) is 1. The van der Waals surface area contributed by atoms with Crippen LogP contribution in [0.25, 0.3) is 0 Å². The number of aryl methyl sites for hydroxylation is 1. The molecule has 3 rings (SSSR count). The van der Waals surface area contributed by atoms with Crippen molar-refractivity contribution < 1.29 is 19.1 Å². The number of rotatable bonds is 5. The van der Waals surface area contributed by atoms with Crippen LogP contribution in [0.4, 0.5) is 4.79 Å². The van der Waals surface area contributed by atoms with Crippen LogP contribution < -0.4 is 10.1 Å². The fourth-order valence-electron chi connectivity index (χ4n) is 4.10. The molecule has 7 heteroatoms. The maximum absolute atomic E-state index is 13.1. The van der Waals surface area contributed by atoms with Crippen LogP contribution in [0.5, 0.6) is 5.75 Å². The molecule has 1 aliphatic heterocycles. The third-order valence-corrected chi connectivity index (χ3v) is 5.72. The summed E-state index contributed by atoms with van der Waals surface area (Å²) < 4.78 is 13.0. The van der Waals surface area contributed by atoms with Gasteiger partial charge in [0.25, 0.3) is 5.91 Å². The Morgan fingerprint density at radius 1 is 1.16 bits per heavy atom. The minimum Gasteiger partial charge on any atom is -0.496 e. The highest BCUT2D eigenvalue weighted by Gasteiger charge is 2.29. The molecule has 1 aromatic carbocycles. The Morgan fingerprint density at radius 2 is 1.84 bits per heavy atom. The number of carbonyl (C=O) groups is 2. The lowest BCUT2D eigenvalue weighted by Crippen LogP contribution is -2.42. The van der Waals surface area contributed by atoms with Crippen LogP contribution in [-0.2, 0) is 4.74 Å². The van der Waals surface area contributed by atoms with E-state index < -0.39 is 5.60 Å². The molecule has 0 saturated carbocycles. The number of methoxy groups -OCH3 is 1. The van der Waals surface area contributed by atoms with E-state index in [-0.39, 0.29) is 24.1 Å². The van der Waals surface area contributed by atoms with Crippen LogP contribution in [0.1, 0.15) is 74.2 Å². The van der Waals surface area contributed by atoms with Gasteiger partial charge in [0.05, 0.1) is 13.2 Å². The number of nitrogens with zero attached hydrogens (tertiary/aromatic N) is 2. The zero-order chi connectivity index (χ0) is 23.5. The van der Waals surface area contributed by atoms with Gasteiger partial charge in [0.1, 0.15) is 17.0 Å². The fourth-order valence-corrected chi connectivity index (χ4v) is 4.10. The summed E-state index contributed by atoms with van der Waals surface area (Å²) >= 11 is 0. The summed E-state index contributed by atoms with van der Waals surface area (Å²) in [5, 5.41) is 3.11. The van der Waals surface area contributed by atoms with E-state index in [1.165, 1.54) is 0 Å². The van der Waals surface area contributed by atoms with Crippen LogP contribution in [0.3, 0.4) is 0 Å². The Kier molecular flexibility index (Phi) is 7.16. The van der Waals surface area contributed by atoms with E-state index in [2.05, 4.69) is 5.32 Å². The third-order valence-electron chi connectivity index (χ3n) is 5.72. The second-order valence-corrected chi connectivity index (χ2v) is 9.44. The van der Waals surface area contributed by atoms with E-state index in [4.69, 9.17) is 9.47 Å². The SMILES string of the molecule is COc1ccc(C)cc1C(C)NC(=O)c1cccn1C1CCN(C(=O)OC(C)(C)C)CC1. The Hall–Kier alpha value is -2.96. The molecule has 0 spiro atoms. The number of aromatic nitrogens is 1.